The highest BCUT2D eigenvalue weighted by molar-refractivity contribution is 8.26. The average molecular weight is 425 g/mol. The quantitative estimate of drug-likeness (QED) is 0.555. The van der Waals surface area contributed by atoms with Crippen LogP contribution in [0.15, 0.2) is 40.0 Å². The lowest BCUT2D eigenvalue weighted by Gasteiger charge is -2.26. The van der Waals surface area contributed by atoms with E-state index in [4.69, 9.17) is 12.2 Å². The summed E-state index contributed by atoms with van der Waals surface area (Å²) in [5, 5.41) is 9.51. The van der Waals surface area contributed by atoms with Crippen molar-refractivity contribution < 1.29 is 4.79 Å². The Morgan fingerprint density at radius 1 is 1.24 bits per heavy atom. The minimum absolute atomic E-state index is 0.0718. The molecule has 1 aromatic carbocycles. The minimum atomic E-state index is -0.361. The number of thiocarbonyl (C=S) groups is 1. The third-order valence-corrected chi connectivity index (χ3v) is 6.34. The van der Waals surface area contributed by atoms with Crippen molar-refractivity contribution in [1.29, 1.82) is 5.26 Å². The molecule has 1 aliphatic rings. The van der Waals surface area contributed by atoms with Crippen molar-refractivity contribution in [2.75, 3.05) is 19.0 Å². The zero-order valence-corrected chi connectivity index (χ0v) is 18.2. The van der Waals surface area contributed by atoms with Crippen LogP contribution >= 0.6 is 24.0 Å². The number of aromatic nitrogens is 1. The lowest BCUT2D eigenvalue weighted by molar-refractivity contribution is -0.121. The number of carbonyl (C=O) groups excluding carboxylic acids is 1. The molecule has 0 unspecified atom stereocenters. The summed E-state index contributed by atoms with van der Waals surface area (Å²) >= 11 is 6.43. The third-order valence-electron chi connectivity index (χ3n) is 4.85. The van der Waals surface area contributed by atoms with E-state index in [2.05, 4.69) is 0 Å². The second kappa shape index (κ2) is 8.23. The van der Waals surface area contributed by atoms with Gasteiger partial charge in [-0.25, -0.2) is 0 Å². The van der Waals surface area contributed by atoms with E-state index in [0.29, 0.717) is 32.7 Å². The number of rotatable bonds is 4. The SMILES string of the molecule is Cc1c(/C=C2\SC(=S)N(C)C2=O)c(N(C)Cc2ccccc2)n(C)c(=O)c1C#N. The predicted octanol–water partition coefficient (Wildman–Crippen LogP) is 3.03. The third kappa shape index (κ3) is 3.84. The molecule has 0 atom stereocenters. The van der Waals surface area contributed by atoms with Crippen LogP contribution in [0.3, 0.4) is 0 Å². The van der Waals surface area contributed by atoms with Gasteiger partial charge in [0.15, 0.2) is 0 Å². The molecule has 0 radical (unpaired) electrons. The topological polar surface area (TPSA) is 69.3 Å². The first-order valence-electron chi connectivity index (χ1n) is 8.86. The standard InChI is InChI=1S/C21H20N4O2S2/c1-13-15(10-17-20(27)25(4)21(28)29-17)18(24(3)19(26)16(13)11-22)23(2)12-14-8-6-5-7-9-14/h5-10H,12H2,1-4H3/b17-10-. The Bertz CT molecular complexity index is 1130. The normalized spacial score (nSPS) is 15.1. The van der Waals surface area contributed by atoms with Crippen molar-refractivity contribution in [3.05, 3.63) is 67.8 Å². The zero-order chi connectivity index (χ0) is 21.3. The van der Waals surface area contributed by atoms with E-state index in [1.807, 2.05) is 48.3 Å². The van der Waals surface area contributed by atoms with E-state index >= 15 is 0 Å². The van der Waals surface area contributed by atoms with Crippen LogP contribution in [0, 0.1) is 18.3 Å². The first-order valence-corrected chi connectivity index (χ1v) is 10.1. The van der Waals surface area contributed by atoms with Crippen LogP contribution in [0.25, 0.3) is 6.08 Å². The Hall–Kier alpha value is -2.89. The van der Waals surface area contributed by atoms with E-state index in [1.165, 1.54) is 21.2 Å². The molecule has 0 N–H and O–H groups in total. The molecule has 8 heteroatoms. The molecule has 0 bridgehead atoms. The van der Waals surface area contributed by atoms with Gasteiger partial charge in [-0.1, -0.05) is 54.3 Å². The lowest BCUT2D eigenvalue weighted by atomic mass is 10.0. The summed E-state index contributed by atoms with van der Waals surface area (Å²) < 4.78 is 1.94. The molecular weight excluding hydrogens is 404 g/mol. The number of anilines is 1. The summed E-state index contributed by atoms with van der Waals surface area (Å²) in [6.45, 7) is 2.30. The number of pyridine rings is 1. The van der Waals surface area contributed by atoms with Crippen molar-refractivity contribution in [2.45, 2.75) is 13.5 Å². The van der Waals surface area contributed by atoms with Gasteiger partial charge >= 0.3 is 0 Å². The maximum absolute atomic E-state index is 12.7. The largest absolute Gasteiger partial charge is 0.356 e. The average Bonchev–Trinajstić information content (AvgIpc) is 2.94. The molecule has 29 heavy (non-hydrogen) atoms. The molecule has 6 nitrogen and oxygen atoms in total. The second-order valence-electron chi connectivity index (χ2n) is 6.80. The van der Waals surface area contributed by atoms with Crippen molar-refractivity contribution in [2.24, 2.45) is 7.05 Å². The van der Waals surface area contributed by atoms with Crippen molar-refractivity contribution in [1.82, 2.24) is 9.47 Å². The number of hydrogen-bond acceptors (Lipinski definition) is 6. The number of nitriles is 1. The molecule has 2 heterocycles. The summed E-state index contributed by atoms with van der Waals surface area (Å²) in [5.41, 5.74) is 2.00. The first kappa shape index (κ1) is 20.8. The second-order valence-corrected chi connectivity index (χ2v) is 8.47. The zero-order valence-electron chi connectivity index (χ0n) is 16.6. The number of likely N-dealkylation sites (N-methyl/N-ethyl adjacent to an activating group) is 1. The van der Waals surface area contributed by atoms with E-state index in [-0.39, 0.29) is 17.0 Å². The van der Waals surface area contributed by atoms with Gasteiger partial charge in [0, 0.05) is 33.3 Å². The molecule has 3 rings (SSSR count). The highest BCUT2D eigenvalue weighted by atomic mass is 32.2. The number of amides is 1. The Morgan fingerprint density at radius 3 is 2.45 bits per heavy atom. The van der Waals surface area contributed by atoms with Gasteiger partial charge in [-0.05, 0) is 24.1 Å². The maximum Gasteiger partial charge on any atom is 0.270 e. The summed E-state index contributed by atoms with van der Waals surface area (Å²) in [7, 11) is 5.16. The number of benzene rings is 1. The Morgan fingerprint density at radius 2 is 1.90 bits per heavy atom. The Labute approximate surface area is 179 Å². The summed E-state index contributed by atoms with van der Waals surface area (Å²) in [4.78, 5) is 29.1. The van der Waals surface area contributed by atoms with Gasteiger partial charge < -0.3 is 4.90 Å². The van der Waals surface area contributed by atoms with Gasteiger partial charge in [-0.2, -0.15) is 5.26 Å². The van der Waals surface area contributed by atoms with E-state index in [0.717, 1.165) is 5.56 Å². The number of hydrogen-bond donors (Lipinski definition) is 0. The predicted molar refractivity (Wildman–Crippen MR) is 121 cm³/mol. The fourth-order valence-corrected chi connectivity index (χ4v) is 4.44. The molecular formula is C21H20N4O2S2. The van der Waals surface area contributed by atoms with Gasteiger partial charge in [0.05, 0.1) is 4.91 Å². The van der Waals surface area contributed by atoms with E-state index in [9.17, 15) is 14.9 Å². The number of carbonyl (C=O) groups is 1. The van der Waals surface area contributed by atoms with Crippen LogP contribution < -0.4 is 10.5 Å². The van der Waals surface area contributed by atoms with Gasteiger partial charge in [-0.15, -0.1) is 0 Å². The smallest absolute Gasteiger partial charge is 0.270 e. The summed E-state index contributed by atoms with van der Waals surface area (Å²) in [6.07, 6.45) is 1.73. The molecule has 2 aromatic rings. The first-order chi connectivity index (χ1) is 13.8. The maximum atomic E-state index is 12.7. The molecule has 1 amide bonds. The van der Waals surface area contributed by atoms with E-state index < -0.39 is 0 Å². The molecule has 0 saturated carbocycles. The number of thioether (sulfide) groups is 1. The Balaban J connectivity index is 2.20. The molecule has 1 aromatic heterocycles. The molecule has 1 aliphatic heterocycles. The molecule has 0 aliphatic carbocycles. The van der Waals surface area contributed by atoms with Gasteiger partial charge in [-0.3, -0.25) is 19.1 Å². The molecule has 148 valence electrons. The highest BCUT2D eigenvalue weighted by Gasteiger charge is 2.30. The fourth-order valence-electron chi connectivity index (χ4n) is 3.28. The van der Waals surface area contributed by atoms with Crippen LogP contribution in [0.4, 0.5) is 5.82 Å². The minimum Gasteiger partial charge on any atom is -0.356 e. The van der Waals surface area contributed by atoms with Crippen LogP contribution in [-0.4, -0.2) is 33.8 Å². The fraction of sp³-hybridized carbons (Fsp3) is 0.238. The lowest BCUT2D eigenvalue weighted by Crippen LogP contribution is -2.30. The van der Waals surface area contributed by atoms with Crippen molar-refractivity contribution in [3.63, 3.8) is 0 Å². The molecule has 1 saturated heterocycles. The van der Waals surface area contributed by atoms with Crippen molar-refractivity contribution in [3.8, 4) is 6.07 Å². The van der Waals surface area contributed by atoms with Crippen LogP contribution in [0.1, 0.15) is 22.3 Å². The highest BCUT2D eigenvalue weighted by Crippen LogP contribution is 2.34. The van der Waals surface area contributed by atoms with Gasteiger partial charge in [0.25, 0.3) is 11.5 Å². The number of nitrogens with zero attached hydrogens (tertiary/aromatic N) is 4. The van der Waals surface area contributed by atoms with Gasteiger partial charge in [0.1, 0.15) is 21.8 Å². The van der Waals surface area contributed by atoms with Crippen molar-refractivity contribution >= 4 is 46.1 Å². The van der Waals surface area contributed by atoms with Crippen LogP contribution in [0.2, 0.25) is 0 Å². The van der Waals surface area contributed by atoms with Crippen LogP contribution in [-0.2, 0) is 18.4 Å². The summed E-state index contributed by atoms with van der Waals surface area (Å²) in [6, 6.07) is 11.9. The van der Waals surface area contributed by atoms with Gasteiger partial charge in [0.2, 0.25) is 0 Å². The monoisotopic (exact) mass is 424 g/mol. The van der Waals surface area contributed by atoms with Crippen LogP contribution in [0.5, 0.6) is 0 Å². The Kier molecular flexibility index (Phi) is 5.91. The molecule has 1 fully saturated rings. The molecule has 0 spiro atoms. The van der Waals surface area contributed by atoms with E-state index in [1.54, 1.807) is 27.1 Å². The summed E-state index contributed by atoms with van der Waals surface area (Å²) in [5.74, 6) is 0.445.